The molecule has 2 atom stereocenters. The highest BCUT2D eigenvalue weighted by Crippen LogP contribution is 2.34. The fraction of sp³-hybridized carbons (Fsp3) is 0.500. The van der Waals surface area contributed by atoms with E-state index in [1.54, 1.807) is 0 Å². The zero-order valence-corrected chi connectivity index (χ0v) is 24.3. The predicted octanol–water partition coefficient (Wildman–Crippen LogP) is 5.96. The molecule has 3 aromatic rings. The van der Waals surface area contributed by atoms with Crippen LogP contribution in [-0.4, -0.2) is 76.1 Å². The van der Waals surface area contributed by atoms with Gasteiger partial charge < -0.3 is 10.0 Å². The van der Waals surface area contributed by atoms with Crippen molar-refractivity contribution in [2.45, 2.75) is 69.2 Å². The van der Waals surface area contributed by atoms with Gasteiger partial charge in [0.15, 0.2) is 0 Å². The number of hydrogen-bond donors (Lipinski definition) is 2. The Balaban J connectivity index is 0.000000165. The third kappa shape index (κ3) is 7.52. The monoisotopic (exact) mass is 556 g/mol. The molecule has 0 spiro atoms. The van der Waals surface area contributed by atoms with Crippen LogP contribution in [0.5, 0.6) is 0 Å². The van der Waals surface area contributed by atoms with Crippen LogP contribution in [-0.2, 0) is 4.79 Å². The van der Waals surface area contributed by atoms with Crippen LogP contribution < -0.4 is 0 Å². The number of carboxylic acids is 1. The number of carboxylic acid groups (broad SMARTS) is 1. The lowest BCUT2D eigenvalue weighted by molar-refractivity contribution is -0.145. The smallest absolute Gasteiger partial charge is 0.321 e. The Morgan fingerprint density at radius 1 is 0.854 bits per heavy atom. The molecule has 1 saturated carbocycles. The SMILES string of the molecule is CN1CCC(c2cc(C(=O)c3ccccc3)n[nH]2)CC1.O=C(O)[C@@H](C1CCCCC1)N1CC[C@@H](c2ccccc2)C1. The molecular weight excluding hydrogens is 512 g/mol. The summed E-state index contributed by atoms with van der Waals surface area (Å²) in [5, 5.41) is 17.0. The summed E-state index contributed by atoms with van der Waals surface area (Å²) in [6.07, 6.45) is 9.17. The number of hydrogen-bond acceptors (Lipinski definition) is 5. The summed E-state index contributed by atoms with van der Waals surface area (Å²) >= 11 is 0. The molecule has 0 unspecified atom stereocenters. The first-order chi connectivity index (χ1) is 20.0. The van der Waals surface area contributed by atoms with Gasteiger partial charge in [0.2, 0.25) is 5.78 Å². The average Bonchev–Trinajstić information content (AvgIpc) is 3.70. The van der Waals surface area contributed by atoms with E-state index >= 15 is 0 Å². The first-order valence-corrected chi connectivity index (χ1v) is 15.3. The van der Waals surface area contributed by atoms with E-state index in [2.05, 4.69) is 51.3 Å². The van der Waals surface area contributed by atoms with Crippen molar-refractivity contribution in [3.8, 4) is 0 Å². The number of piperidine rings is 1. The first kappa shape index (κ1) is 29.2. The Kier molecular flexibility index (Phi) is 10.0. The Morgan fingerprint density at radius 2 is 1.49 bits per heavy atom. The summed E-state index contributed by atoms with van der Waals surface area (Å²) in [4.78, 5) is 28.7. The molecule has 2 N–H and O–H groups in total. The number of nitrogens with zero attached hydrogens (tertiary/aromatic N) is 3. The second-order valence-corrected chi connectivity index (χ2v) is 12.1. The van der Waals surface area contributed by atoms with Gasteiger partial charge >= 0.3 is 5.97 Å². The summed E-state index contributed by atoms with van der Waals surface area (Å²) < 4.78 is 0. The number of nitrogens with one attached hydrogen (secondary N) is 1. The van der Waals surface area contributed by atoms with Crippen molar-refractivity contribution in [1.82, 2.24) is 20.0 Å². The van der Waals surface area contributed by atoms with Crippen LogP contribution in [0.25, 0.3) is 0 Å². The van der Waals surface area contributed by atoms with Crippen LogP contribution >= 0.6 is 0 Å². The lowest BCUT2D eigenvalue weighted by Gasteiger charge is -2.33. The molecule has 2 aromatic carbocycles. The molecule has 3 aliphatic rings. The molecule has 6 rings (SSSR count). The first-order valence-electron chi connectivity index (χ1n) is 15.3. The van der Waals surface area contributed by atoms with E-state index in [0.29, 0.717) is 29.0 Å². The van der Waals surface area contributed by atoms with Gasteiger partial charge in [0, 0.05) is 23.7 Å². The second-order valence-electron chi connectivity index (χ2n) is 12.1. The highest BCUT2D eigenvalue weighted by atomic mass is 16.4. The number of aliphatic carboxylic acids is 1. The fourth-order valence-electron chi connectivity index (χ4n) is 6.86. The Labute approximate surface area is 244 Å². The molecule has 7 heteroatoms. The number of benzene rings is 2. The lowest BCUT2D eigenvalue weighted by atomic mass is 9.83. The molecule has 218 valence electrons. The minimum atomic E-state index is -0.615. The van der Waals surface area contributed by atoms with E-state index in [1.165, 1.54) is 24.8 Å². The number of ketones is 1. The molecule has 41 heavy (non-hydrogen) atoms. The fourth-order valence-corrected chi connectivity index (χ4v) is 6.86. The standard InChI is InChI=1S/C18H25NO2.C16H19N3O/c20-18(21)17(15-9-5-2-6-10-15)19-12-11-16(13-19)14-7-3-1-4-8-14;1-19-9-7-12(8-10-19)14-11-15(18-17-14)16(20)13-5-3-2-4-6-13/h1,3-4,7-8,15-17H,2,5-6,9-13H2,(H,20,21);2-6,11-12H,7-10H2,1H3,(H,17,18)/t16-,17-;/m1./s1. The zero-order valence-electron chi connectivity index (χ0n) is 24.3. The number of H-pyrrole nitrogens is 1. The molecule has 3 fully saturated rings. The predicted molar refractivity (Wildman–Crippen MR) is 161 cm³/mol. The van der Waals surface area contributed by atoms with Crippen molar-refractivity contribution >= 4 is 11.8 Å². The van der Waals surface area contributed by atoms with E-state index in [-0.39, 0.29) is 11.8 Å². The highest BCUT2D eigenvalue weighted by Gasteiger charge is 2.38. The Morgan fingerprint density at radius 3 is 2.15 bits per heavy atom. The van der Waals surface area contributed by atoms with Gasteiger partial charge in [-0.3, -0.25) is 19.6 Å². The maximum atomic E-state index is 12.3. The van der Waals surface area contributed by atoms with E-state index < -0.39 is 5.97 Å². The molecule has 0 bridgehead atoms. The maximum Gasteiger partial charge on any atom is 0.321 e. The van der Waals surface area contributed by atoms with Crippen molar-refractivity contribution in [3.63, 3.8) is 0 Å². The summed E-state index contributed by atoms with van der Waals surface area (Å²) in [5.41, 5.74) is 3.66. The number of aromatic nitrogens is 2. The third-order valence-corrected chi connectivity index (χ3v) is 9.26. The molecule has 1 aromatic heterocycles. The van der Waals surface area contributed by atoms with Crippen molar-refractivity contribution in [1.29, 1.82) is 0 Å². The number of likely N-dealkylation sites (tertiary alicyclic amines) is 2. The number of rotatable bonds is 7. The Bertz CT molecular complexity index is 1250. The van der Waals surface area contributed by atoms with Gasteiger partial charge in [-0.2, -0.15) is 5.10 Å². The van der Waals surface area contributed by atoms with Crippen LogP contribution in [0.2, 0.25) is 0 Å². The summed E-state index contributed by atoms with van der Waals surface area (Å²) in [6, 6.07) is 21.5. The van der Waals surface area contributed by atoms with E-state index in [4.69, 9.17) is 0 Å². The molecule has 0 radical (unpaired) electrons. The molecule has 2 aliphatic heterocycles. The van der Waals surface area contributed by atoms with Gasteiger partial charge in [-0.25, -0.2) is 0 Å². The van der Waals surface area contributed by atoms with Gasteiger partial charge in [0.25, 0.3) is 0 Å². The van der Waals surface area contributed by atoms with Crippen molar-refractivity contribution in [2.75, 3.05) is 33.2 Å². The lowest BCUT2D eigenvalue weighted by Crippen LogP contribution is -2.45. The van der Waals surface area contributed by atoms with Crippen LogP contribution in [0.3, 0.4) is 0 Å². The topological polar surface area (TPSA) is 89.5 Å². The van der Waals surface area contributed by atoms with Gasteiger partial charge in [-0.05, 0) is 82.3 Å². The molecule has 0 amide bonds. The number of carbonyl (C=O) groups excluding carboxylic acids is 1. The van der Waals surface area contributed by atoms with Crippen LogP contribution in [0, 0.1) is 5.92 Å². The van der Waals surface area contributed by atoms with Crippen LogP contribution in [0.4, 0.5) is 0 Å². The minimum absolute atomic E-state index is 0.0129. The van der Waals surface area contributed by atoms with Crippen LogP contribution in [0.15, 0.2) is 66.7 Å². The molecule has 7 nitrogen and oxygen atoms in total. The molecule has 3 heterocycles. The van der Waals surface area contributed by atoms with Gasteiger partial charge in [-0.1, -0.05) is 79.9 Å². The highest BCUT2D eigenvalue weighted by molar-refractivity contribution is 6.07. The van der Waals surface area contributed by atoms with Crippen LogP contribution in [0.1, 0.15) is 90.5 Å². The third-order valence-electron chi connectivity index (χ3n) is 9.26. The normalized spacial score (nSPS) is 21.6. The average molecular weight is 557 g/mol. The van der Waals surface area contributed by atoms with E-state index in [0.717, 1.165) is 64.0 Å². The minimum Gasteiger partial charge on any atom is -0.480 e. The number of carbonyl (C=O) groups is 2. The summed E-state index contributed by atoms with van der Waals surface area (Å²) in [7, 11) is 2.15. The maximum absolute atomic E-state index is 12.3. The van der Waals surface area contributed by atoms with E-state index in [1.807, 2.05) is 42.5 Å². The molecular formula is C34H44N4O3. The van der Waals surface area contributed by atoms with Gasteiger partial charge in [0.1, 0.15) is 11.7 Å². The molecule has 1 aliphatic carbocycles. The van der Waals surface area contributed by atoms with Gasteiger partial charge in [-0.15, -0.1) is 0 Å². The zero-order chi connectivity index (χ0) is 28.6. The second kappa shape index (κ2) is 14.1. The van der Waals surface area contributed by atoms with Crippen molar-refractivity contribution in [3.05, 3.63) is 89.2 Å². The summed E-state index contributed by atoms with van der Waals surface area (Å²) in [6.45, 7) is 4.03. The van der Waals surface area contributed by atoms with E-state index in [9.17, 15) is 14.7 Å². The Hall–Kier alpha value is -3.29. The molecule has 2 saturated heterocycles. The van der Waals surface area contributed by atoms with Crippen molar-refractivity contribution in [2.24, 2.45) is 5.92 Å². The number of aromatic amines is 1. The van der Waals surface area contributed by atoms with Gasteiger partial charge in [0.05, 0.1) is 0 Å². The largest absolute Gasteiger partial charge is 0.480 e. The van der Waals surface area contributed by atoms with Crippen molar-refractivity contribution < 1.29 is 14.7 Å². The quantitative estimate of drug-likeness (QED) is 0.349. The summed E-state index contributed by atoms with van der Waals surface area (Å²) in [5.74, 6) is 0.718.